The molecule has 2 unspecified atom stereocenters. The summed E-state index contributed by atoms with van der Waals surface area (Å²) >= 11 is 12.6. The summed E-state index contributed by atoms with van der Waals surface area (Å²) < 4.78 is 20.5. The van der Waals surface area contributed by atoms with Crippen LogP contribution in [0.25, 0.3) is 11.4 Å². The van der Waals surface area contributed by atoms with Crippen LogP contribution in [0.15, 0.2) is 73.6 Å². The predicted octanol–water partition coefficient (Wildman–Crippen LogP) is 4.93. The van der Waals surface area contributed by atoms with Crippen molar-refractivity contribution in [2.45, 2.75) is 18.4 Å². The summed E-state index contributed by atoms with van der Waals surface area (Å²) in [6.07, 6.45) is 8.48. The number of aromatic nitrogens is 4. The molecule has 0 radical (unpaired) electrons. The Bertz CT molecular complexity index is 1180. The Morgan fingerprint density at radius 1 is 1.19 bits per heavy atom. The van der Waals surface area contributed by atoms with Crippen molar-refractivity contribution in [3.63, 3.8) is 0 Å². The first-order valence-electron chi connectivity index (χ1n) is 10.1. The van der Waals surface area contributed by atoms with Gasteiger partial charge in [-0.15, -0.1) is 0 Å². The van der Waals surface area contributed by atoms with E-state index < -0.39 is 5.79 Å². The van der Waals surface area contributed by atoms with E-state index in [-0.39, 0.29) is 6.10 Å². The molecule has 1 aliphatic rings. The second kappa shape index (κ2) is 8.96. The van der Waals surface area contributed by atoms with Gasteiger partial charge >= 0.3 is 0 Å². The standard InChI is InChI=1S/C23H20Cl2N4O3/c24-17-4-5-20(21(25)11-17)23(14-29-9-8-26-15-29)31-13-19(32-23)12-30-18-3-1-2-16(10-18)22-27-6-7-28-22/h1-11,15,19H,12-14H2,(H,27,28). The topological polar surface area (TPSA) is 74.2 Å². The first-order chi connectivity index (χ1) is 15.6. The number of hydrogen-bond donors (Lipinski definition) is 1. The molecule has 0 amide bonds. The third-order valence-electron chi connectivity index (χ3n) is 5.19. The highest BCUT2D eigenvalue weighted by Crippen LogP contribution is 2.40. The predicted molar refractivity (Wildman–Crippen MR) is 121 cm³/mol. The van der Waals surface area contributed by atoms with Crippen molar-refractivity contribution < 1.29 is 14.2 Å². The van der Waals surface area contributed by atoms with Gasteiger partial charge in [-0.3, -0.25) is 0 Å². The molecule has 1 N–H and O–H groups in total. The zero-order chi connectivity index (χ0) is 22.0. The van der Waals surface area contributed by atoms with E-state index in [1.807, 2.05) is 41.1 Å². The minimum Gasteiger partial charge on any atom is -0.491 e. The number of rotatable bonds is 7. The maximum atomic E-state index is 6.52. The first-order valence-corrected chi connectivity index (χ1v) is 10.8. The molecule has 0 aliphatic carbocycles. The van der Waals surface area contributed by atoms with Crippen molar-refractivity contribution in [3.05, 3.63) is 89.2 Å². The van der Waals surface area contributed by atoms with E-state index in [0.29, 0.717) is 35.4 Å². The van der Waals surface area contributed by atoms with Gasteiger partial charge in [-0.25, -0.2) is 9.97 Å². The van der Waals surface area contributed by atoms with Crippen LogP contribution in [0.5, 0.6) is 5.75 Å². The number of aromatic amines is 1. The number of nitrogens with one attached hydrogen (secondary N) is 1. The van der Waals surface area contributed by atoms with E-state index in [1.165, 1.54) is 0 Å². The van der Waals surface area contributed by atoms with Crippen molar-refractivity contribution in [2.75, 3.05) is 13.2 Å². The zero-order valence-electron chi connectivity index (χ0n) is 16.9. The lowest BCUT2D eigenvalue weighted by Crippen LogP contribution is -2.34. The second-order valence-electron chi connectivity index (χ2n) is 7.44. The molecular formula is C23H20Cl2N4O3. The quantitative estimate of drug-likeness (QED) is 0.414. The molecule has 164 valence electrons. The number of nitrogens with zero attached hydrogens (tertiary/aromatic N) is 3. The van der Waals surface area contributed by atoms with Crippen LogP contribution >= 0.6 is 23.2 Å². The van der Waals surface area contributed by atoms with E-state index in [0.717, 1.165) is 17.1 Å². The SMILES string of the molecule is Clc1ccc(C2(Cn3ccnc3)OCC(COc3cccc(-c4ncc[nH]4)c3)O2)c(Cl)c1. The number of hydrogen-bond acceptors (Lipinski definition) is 5. The van der Waals surface area contributed by atoms with Gasteiger partial charge in [0.15, 0.2) is 0 Å². The van der Waals surface area contributed by atoms with Crippen molar-refractivity contribution >= 4 is 23.2 Å². The highest BCUT2D eigenvalue weighted by molar-refractivity contribution is 6.35. The largest absolute Gasteiger partial charge is 0.491 e. The lowest BCUT2D eigenvalue weighted by molar-refractivity contribution is -0.189. The molecule has 1 aliphatic heterocycles. The molecule has 1 saturated heterocycles. The number of H-pyrrole nitrogens is 1. The zero-order valence-corrected chi connectivity index (χ0v) is 18.5. The maximum Gasteiger partial charge on any atom is 0.215 e. The third kappa shape index (κ3) is 4.38. The fourth-order valence-corrected chi connectivity index (χ4v) is 4.27. The molecule has 2 atom stereocenters. The van der Waals surface area contributed by atoms with Crippen LogP contribution in [-0.2, 0) is 21.8 Å². The molecule has 0 saturated carbocycles. The first kappa shape index (κ1) is 21.0. The highest BCUT2D eigenvalue weighted by Gasteiger charge is 2.45. The minimum atomic E-state index is -1.08. The average molecular weight is 471 g/mol. The van der Waals surface area contributed by atoms with E-state index in [9.17, 15) is 0 Å². The summed E-state index contributed by atoms with van der Waals surface area (Å²) in [4.78, 5) is 11.5. The smallest absolute Gasteiger partial charge is 0.215 e. The molecule has 32 heavy (non-hydrogen) atoms. The number of ether oxygens (including phenoxy) is 3. The molecule has 5 rings (SSSR count). The molecular weight excluding hydrogens is 451 g/mol. The number of benzene rings is 2. The Morgan fingerprint density at radius 2 is 2.12 bits per heavy atom. The summed E-state index contributed by atoms with van der Waals surface area (Å²) in [6, 6.07) is 13.0. The minimum absolute atomic E-state index is 0.294. The van der Waals surface area contributed by atoms with Crippen LogP contribution in [-0.4, -0.2) is 38.8 Å². The molecule has 2 aromatic carbocycles. The van der Waals surface area contributed by atoms with Crippen LogP contribution in [0, 0.1) is 0 Å². The van der Waals surface area contributed by atoms with E-state index in [4.69, 9.17) is 37.4 Å². The van der Waals surface area contributed by atoms with Gasteiger partial charge < -0.3 is 23.8 Å². The van der Waals surface area contributed by atoms with Crippen LogP contribution in [0.3, 0.4) is 0 Å². The van der Waals surface area contributed by atoms with Gasteiger partial charge in [0.25, 0.3) is 0 Å². The van der Waals surface area contributed by atoms with Gasteiger partial charge in [0.2, 0.25) is 5.79 Å². The van der Waals surface area contributed by atoms with E-state index in [2.05, 4.69) is 15.0 Å². The molecule has 3 heterocycles. The highest BCUT2D eigenvalue weighted by atomic mass is 35.5. The Morgan fingerprint density at radius 3 is 2.91 bits per heavy atom. The molecule has 1 fully saturated rings. The van der Waals surface area contributed by atoms with Crippen LogP contribution in [0.1, 0.15) is 5.56 Å². The molecule has 0 spiro atoms. The van der Waals surface area contributed by atoms with Crippen LogP contribution in [0.4, 0.5) is 0 Å². The summed E-state index contributed by atoms with van der Waals surface area (Å²) in [7, 11) is 0. The second-order valence-corrected chi connectivity index (χ2v) is 8.28. The monoisotopic (exact) mass is 470 g/mol. The summed E-state index contributed by atoms with van der Waals surface area (Å²) in [5.74, 6) is 0.429. The Labute approximate surface area is 194 Å². The lowest BCUT2D eigenvalue weighted by Gasteiger charge is -2.30. The molecule has 9 heteroatoms. The van der Waals surface area contributed by atoms with Crippen LogP contribution in [0.2, 0.25) is 10.0 Å². The van der Waals surface area contributed by atoms with Gasteiger partial charge in [0.05, 0.1) is 24.5 Å². The van der Waals surface area contributed by atoms with Gasteiger partial charge in [0.1, 0.15) is 24.3 Å². The van der Waals surface area contributed by atoms with E-state index >= 15 is 0 Å². The molecule has 2 aromatic heterocycles. The number of halogens is 2. The van der Waals surface area contributed by atoms with E-state index in [1.54, 1.807) is 37.1 Å². The number of imidazole rings is 2. The van der Waals surface area contributed by atoms with Crippen LogP contribution < -0.4 is 4.74 Å². The Hall–Kier alpha value is -2.84. The summed E-state index contributed by atoms with van der Waals surface area (Å²) in [6.45, 7) is 1.06. The molecule has 7 nitrogen and oxygen atoms in total. The average Bonchev–Trinajstić information content (AvgIpc) is 3.56. The summed E-state index contributed by atoms with van der Waals surface area (Å²) in [5.41, 5.74) is 1.65. The third-order valence-corrected chi connectivity index (χ3v) is 5.74. The van der Waals surface area contributed by atoms with Crippen molar-refractivity contribution in [3.8, 4) is 17.1 Å². The summed E-state index contributed by atoms with van der Waals surface area (Å²) in [5, 5.41) is 1.02. The lowest BCUT2D eigenvalue weighted by atomic mass is 10.1. The maximum absolute atomic E-state index is 6.52. The Balaban J connectivity index is 1.33. The van der Waals surface area contributed by atoms with Gasteiger partial charge in [0, 0.05) is 40.9 Å². The van der Waals surface area contributed by atoms with Crippen molar-refractivity contribution in [1.29, 1.82) is 0 Å². The van der Waals surface area contributed by atoms with Crippen molar-refractivity contribution in [2.24, 2.45) is 0 Å². The fraction of sp³-hybridized carbons (Fsp3) is 0.217. The normalized spacial score (nSPS) is 20.5. The Kier molecular flexibility index (Phi) is 5.89. The molecule has 4 aromatic rings. The van der Waals surface area contributed by atoms with Gasteiger partial charge in [-0.05, 0) is 24.3 Å². The fourth-order valence-electron chi connectivity index (χ4n) is 3.72. The van der Waals surface area contributed by atoms with Crippen molar-refractivity contribution in [1.82, 2.24) is 19.5 Å². The molecule has 0 bridgehead atoms. The van der Waals surface area contributed by atoms with Gasteiger partial charge in [-0.2, -0.15) is 0 Å². The van der Waals surface area contributed by atoms with Gasteiger partial charge in [-0.1, -0.05) is 41.4 Å².